The van der Waals surface area contributed by atoms with Crippen molar-refractivity contribution < 1.29 is 0 Å². The predicted molar refractivity (Wildman–Crippen MR) is 76.1 cm³/mol. The molecule has 19 heavy (non-hydrogen) atoms. The van der Waals surface area contributed by atoms with Crippen LogP contribution >= 0.6 is 11.8 Å². The van der Waals surface area contributed by atoms with Crippen molar-refractivity contribution in [3.63, 3.8) is 0 Å². The highest BCUT2D eigenvalue weighted by molar-refractivity contribution is 7.99. The molecule has 4 heteroatoms. The van der Waals surface area contributed by atoms with Gasteiger partial charge in [0.05, 0.1) is 0 Å². The molecule has 0 unspecified atom stereocenters. The molecule has 1 aromatic carbocycles. The second kappa shape index (κ2) is 5.71. The monoisotopic (exact) mass is 267 g/mol. The van der Waals surface area contributed by atoms with Gasteiger partial charge < -0.3 is 4.57 Å². The Kier molecular flexibility index (Phi) is 3.61. The third-order valence-corrected chi connectivity index (χ3v) is 3.76. The first kappa shape index (κ1) is 12.0. The van der Waals surface area contributed by atoms with E-state index in [4.69, 9.17) is 0 Å². The van der Waals surface area contributed by atoms with Crippen LogP contribution in [0.4, 0.5) is 0 Å². The molecule has 0 aliphatic carbocycles. The first-order chi connectivity index (χ1) is 9.42. The maximum absolute atomic E-state index is 4.42. The number of rotatable bonds is 4. The van der Waals surface area contributed by atoms with Crippen molar-refractivity contribution in [2.75, 3.05) is 0 Å². The highest BCUT2D eigenvalue weighted by atomic mass is 32.2. The van der Waals surface area contributed by atoms with Crippen molar-refractivity contribution in [3.8, 4) is 0 Å². The first-order valence-corrected chi connectivity index (χ1v) is 6.86. The molecule has 0 fully saturated rings. The Morgan fingerprint density at radius 1 is 0.947 bits per heavy atom. The molecule has 3 aromatic rings. The lowest BCUT2D eigenvalue weighted by atomic mass is 10.3. The van der Waals surface area contributed by atoms with Crippen LogP contribution in [0.25, 0.3) is 0 Å². The van der Waals surface area contributed by atoms with Gasteiger partial charge in [-0.1, -0.05) is 30.0 Å². The number of benzene rings is 1. The predicted octanol–water partition coefficient (Wildman–Crippen LogP) is 3.48. The van der Waals surface area contributed by atoms with Crippen LogP contribution < -0.4 is 0 Å². The summed E-state index contributed by atoms with van der Waals surface area (Å²) in [4.78, 5) is 9.65. The minimum absolute atomic E-state index is 0.817. The maximum atomic E-state index is 4.42. The normalized spacial score (nSPS) is 10.5. The van der Waals surface area contributed by atoms with Gasteiger partial charge >= 0.3 is 0 Å². The van der Waals surface area contributed by atoms with E-state index in [-0.39, 0.29) is 0 Å². The zero-order chi connectivity index (χ0) is 12.9. The average molecular weight is 267 g/mol. The number of imidazole rings is 1. The molecule has 0 aliphatic rings. The Morgan fingerprint density at radius 3 is 2.53 bits per heavy atom. The van der Waals surface area contributed by atoms with Crippen LogP contribution in [0.2, 0.25) is 0 Å². The van der Waals surface area contributed by atoms with Crippen LogP contribution in [0.3, 0.4) is 0 Å². The Balaban J connectivity index is 1.79. The van der Waals surface area contributed by atoms with Crippen molar-refractivity contribution >= 4 is 11.8 Å². The summed E-state index contributed by atoms with van der Waals surface area (Å²) in [5.74, 6) is 0. The van der Waals surface area contributed by atoms with Crippen LogP contribution in [0.15, 0.2) is 77.3 Å². The molecule has 0 N–H and O–H groups in total. The summed E-state index contributed by atoms with van der Waals surface area (Å²) >= 11 is 1.68. The summed E-state index contributed by atoms with van der Waals surface area (Å²) in [7, 11) is 0. The van der Waals surface area contributed by atoms with Crippen molar-refractivity contribution in [3.05, 3.63) is 72.8 Å². The summed E-state index contributed by atoms with van der Waals surface area (Å²) in [5, 5.41) is 1.00. The number of nitrogens with zero attached hydrogens (tertiary/aromatic N) is 3. The summed E-state index contributed by atoms with van der Waals surface area (Å²) < 4.78 is 2.15. The second-order valence-electron chi connectivity index (χ2n) is 4.11. The fourth-order valence-electron chi connectivity index (χ4n) is 1.80. The van der Waals surface area contributed by atoms with E-state index in [0.29, 0.717) is 0 Å². The molecular formula is C15H13N3S. The van der Waals surface area contributed by atoms with E-state index in [1.807, 2.05) is 55.1 Å². The van der Waals surface area contributed by atoms with Crippen molar-refractivity contribution in [1.29, 1.82) is 0 Å². The topological polar surface area (TPSA) is 30.7 Å². The van der Waals surface area contributed by atoms with Gasteiger partial charge in [0, 0.05) is 36.2 Å². The zero-order valence-electron chi connectivity index (χ0n) is 10.3. The number of pyridine rings is 1. The van der Waals surface area contributed by atoms with E-state index in [1.54, 1.807) is 11.8 Å². The molecule has 3 nitrogen and oxygen atoms in total. The standard InChI is InChI=1S/C15H13N3S/c1-2-4-14(5-3-1)19-15-17-10-11-18(15)12-13-6-8-16-9-7-13/h1-11H,12H2. The summed E-state index contributed by atoms with van der Waals surface area (Å²) in [6, 6.07) is 14.3. The van der Waals surface area contributed by atoms with E-state index in [1.165, 1.54) is 10.5 Å². The number of hydrogen-bond donors (Lipinski definition) is 0. The highest BCUT2D eigenvalue weighted by Gasteiger charge is 2.05. The van der Waals surface area contributed by atoms with Crippen molar-refractivity contribution in [1.82, 2.24) is 14.5 Å². The van der Waals surface area contributed by atoms with Gasteiger partial charge in [-0.15, -0.1) is 0 Å². The average Bonchev–Trinajstić information content (AvgIpc) is 2.88. The van der Waals surface area contributed by atoms with Gasteiger partial charge in [0.1, 0.15) is 0 Å². The Bertz CT molecular complexity index is 579. The third-order valence-electron chi connectivity index (χ3n) is 2.73. The molecule has 0 saturated carbocycles. The van der Waals surface area contributed by atoms with E-state index < -0.39 is 0 Å². The third kappa shape index (κ3) is 3.03. The van der Waals surface area contributed by atoms with Crippen molar-refractivity contribution in [2.24, 2.45) is 0 Å². The van der Waals surface area contributed by atoms with Gasteiger partial charge in [-0.25, -0.2) is 4.98 Å². The molecule has 3 rings (SSSR count). The Hall–Kier alpha value is -2.07. The molecule has 0 atom stereocenters. The number of hydrogen-bond acceptors (Lipinski definition) is 3. The summed E-state index contributed by atoms with van der Waals surface area (Å²) in [6.45, 7) is 0.817. The minimum atomic E-state index is 0.817. The Morgan fingerprint density at radius 2 is 1.74 bits per heavy atom. The van der Waals surface area contributed by atoms with Gasteiger partial charge in [-0.3, -0.25) is 4.98 Å². The Labute approximate surface area is 116 Å². The molecule has 94 valence electrons. The van der Waals surface area contributed by atoms with Crippen LogP contribution in [0.5, 0.6) is 0 Å². The molecule has 0 radical (unpaired) electrons. The highest BCUT2D eigenvalue weighted by Crippen LogP contribution is 2.26. The van der Waals surface area contributed by atoms with Crippen LogP contribution in [-0.4, -0.2) is 14.5 Å². The molecular weight excluding hydrogens is 254 g/mol. The lowest BCUT2D eigenvalue weighted by Crippen LogP contribution is -2.00. The maximum Gasteiger partial charge on any atom is 0.173 e. The molecule has 0 amide bonds. The van der Waals surface area contributed by atoms with E-state index in [2.05, 4.69) is 26.7 Å². The second-order valence-corrected chi connectivity index (χ2v) is 5.15. The summed E-state index contributed by atoms with van der Waals surface area (Å²) in [6.07, 6.45) is 7.48. The van der Waals surface area contributed by atoms with Gasteiger partial charge in [0.15, 0.2) is 5.16 Å². The van der Waals surface area contributed by atoms with Crippen LogP contribution in [0.1, 0.15) is 5.56 Å². The van der Waals surface area contributed by atoms with Gasteiger partial charge in [0.2, 0.25) is 0 Å². The fourth-order valence-corrected chi connectivity index (χ4v) is 2.66. The van der Waals surface area contributed by atoms with Gasteiger partial charge in [0.25, 0.3) is 0 Å². The smallest absolute Gasteiger partial charge is 0.173 e. The number of aromatic nitrogens is 3. The SMILES string of the molecule is c1ccc(Sc2nccn2Cc2ccncc2)cc1. The lowest BCUT2D eigenvalue weighted by Gasteiger charge is -2.07. The molecule has 2 heterocycles. The van der Waals surface area contributed by atoms with Gasteiger partial charge in [-0.05, 0) is 29.8 Å². The molecule has 0 spiro atoms. The van der Waals surface area contributed by atoms with Gasteiger partial charge in [-0.2, -0.15) is 0 Å². The minimum Gasteiger partial charge on any atom is -0.321 e. The van der Waals surface area contributed by atoms with E-state index in [0.717, 1.165) is 11.7 Å². The molecule has 0 aliphatic heterocycles. The largest absolute Gasteiger partial charge is 0.321 e. The van der Waals surface area contributed by atoms with Crippen LogP contribution in [0, 0.1) is 0 Å². The fraction of sp³-hybridized carbons (Fsp3) is 0.0667. The van der Waals surface area contributed by atoms with Crippen LogP contribution in [-0.2, 0) is 6.54 Å². The quantitative estimate of drug-likeness (QED) is 0.725. The molecule has 0 saturated heterocycles. The molecule has 2 aromatic heterocycles. The first-order valence-electron chi connectivity index (χ1n) is 6.05. The van der Waals surface area contributed by atoms with Crippen molar-refractivity contribution in [2.45, 2.75) is 16.6 Å². The van der Waals surface area contributed by atoms with E-state index >= 15 is 0 Å². The van der Waals surface area contributed by atoms with E-state index in [9.17, 15) is 0 Å². The summed E-state index contributed by atoms with van der Waals surface area (Å²) in [5.41, 5.74) is 1.22. The molecule has 0 bridgehead atoms. The zero-order valence-corrected chi connectivity index (χ0v) is 11.1. The lowest BCUT2D eigenvalue weighted by molar-refractivity contribution is 0.708.